The zero-order valence-electron chi connectivity index (χ0n) is 10.7. The molecule has 0 spiro atoms. The van der Waals surface area contributed by atoms with Crippen LogP contribution in [0.3, 0.4) is 0 Å². The van der Waals surface area contributed by atoms with Gasteiger partial charge in [0.1, 0.15) is 17.0 Å². The van der Waals surface area contributed by atoms with Gasteiger partial charge in [-0.1, -0.05) is 5.16 Å². The number of nitrogens with zero attached hydrogens (tertiary/aromatic N) is 1. The molecule has 0 unspecified atom stereocenters. The van der Waals surface area contributed by atoms with Crippen molar-refractivity contribution in [2.45, 2.75) is 13.8 Å². The molecule has 3 heterocycles. The lowest BCUT2D eigenvalue weighted by Crippen LogP contribution is -2.06. The summed E-state index contributed by atoms with van der Waals surface area (Å²) in [5.74, 6) is 0.0931. The maximum Gasteiger partial charge on any atom is 0.344 e. The maximum absolute atomic E-state index is 12.0. The SMILES string of the molecule is CCOC(=O)c1c(-c2cc3sc(Br)cc3s2)noc1C. The van der Waals surface area contributed by atoms with Crippen molar-refractivity contribution in [3.05, 3.63) is 27.2 Å². The average molecular weight is 372 g/mol. The molecule has 20 heavy (non-hydrogen) atoms. The van der Waals surface area contributed by atoms with Gasteiger partial charge in [-0.25, -0.2) is 4.79 Å². The van der Waals surface area contributed by atoms with Crippen LogP contribution in [0.1, 0.15) is 23.0 Å². The number of thiophene rings is 2. The molecule has 0 atom stereocenters. The predicted molar refractivity (Wildman–Crippen MR) is 83.6 cm³/mol. The highest BCUT2D eigenvalue weighted by molar-refractivity contribution is 9.11. The van der Waals surface area contributed by atoms with Crippen LogP contribution in [0.2, 0.25) is 0 Å². The third kappa shape index (κ3) is 2.30. The average Bonchev–Trinajstić information content (AvgIpc) is 3.01. The van der Waals surface area contributed by atoms with Crippen molar-refractivity contribution in [1.29, 1.82) is 0 Å². The van der Waals surface area contributed by atoms with Gasteiger partial charge >= 0.3 is 5.97 Å². The second-order valence-corrected chi connectivity index (χ2v) is 7.62. The fraction of sp³-hybridized carbons (Fsp3) is 0.231. The number of halogens is 1. The molecule has 0 aliphatic heterocycles. The molecule has 0 aliphatic rings. The Labute approximate surface area is 131 Å². The maximum atomic E-state index is 12.0. The van der Waals surface area contributed by atoms with Gasteiger partial charge in [0, 0.05) is 9.40 Å². The van der Waals surface area contributed by atoms with Crippen LogP contribution in [-0.2, 0) is 4.74 Å². The van der Waals surface area contributed by atoms with Gasteiger partial charge in [0.2, 0.25) is 0 Å². The first kappa shape index (κ1) is 13.8. The second kappa shape index (κ2) is 5.31. The summed E-state index contributed by atoms with van der Waals surface area (Å²) in [5, 5.41) is 4.01. The molecule has 104 valence electrons. The van der Waals surface area contributed by atoms with Gasteiger partial charge in [0.05, 0.1) is 15.3 Å². The fourth-order valence-corrected chi connectivity index (χ4v) is 4.92. The summed E-state index contributed by atoms with van der Waals surface area (Å²) in [6, 6.07) is 4.08. The highest BCUT2D eigenvalue weighted by Crippen LogP contribution is 2.41. The molecule has 0 amide bonds. The molecule has 3 aromatic heterocycles. The minimum Gasteiger partial charge on any atom is -0.462 e. The van der Waals surface area contributed by atoms with E-state index in [0.29, 0.717) is 23.6 Å². The number of rotatable bonds is 3. The molecular weight excluding hydrogens is 362 g/mol. The van der Waals surface area contributed by atoms with Crippen molar-refractivity contribution in [3.8, 4) is 10.6 Å². The number of carbonyl (C=O) groups excluding carboxylic acids is 1. The Hall–Kier alpha value is -1.18. The Kier molecular flexibility index (Phi) is 3.66. The first-order valence-electron chi connectivity index (χ1n) is 5.92. The monoisotopic (exact) mass is 371 g/mol. The molecule has 4 nitrogen and oxygen atoms in total. The smallest absolute Gasteiger partial charge is 0.344 e. The van der Waals surface area contributed by atoms with Crippen LogP contribution < -0.4 is 0 Å². The van der Waals surface area contributed by atoms with Gasteiger partial charge in [-0.2, -0.15) is 0 Å². The molecule has 0 N–H and O–H groups in total. The number of aryl methyl sites for hydroxylation is 1. The predicted octanol–water partition coefficient (Wildman–Crippen LogP) is 4.87. The van der Waals surface area contributed by atoms with Crippen molar-refractivity contribution >= 4 is 54.0 Å². The molecule has 0 aromatic carbocycles. The van der Waals surface area contributed by atoms with E-state index >= 15 is 0 Å². The number of fused-ring (bicyclic) bond motifs is 1. The topological polar surface area (TPSA) is 52.3 Å². The van der Waals surface area contributed by atoms with E-state index in [1.165, 1.54) is 0 Å². The van der Waals surface area contributed by atoms with E-state index < -0.39 is 0 Å². The van der Waals surface area contributed by atoms with Crippen LogP contribution in [0.4, 0.5) is 0 Å². The Morgan fingerprint density at radius 3 is 2.85 bits per heavy atom. The largest absolute Gasteiger partial charge is 0.462 e. The van der Waals surface area contributed by atoms with Gasteiger partial charge < -0.3 is 9.26 Å². The molecule has 0 aliphatic carbocycles. The summed E-state index contributed by atoms with van der Waals surface area (Å²) < 4.78 is 13.6. The standard InChI is InChI=1S/C13H10BrNO3S2/c1-3-17-13(16)11-6(2)18-15-12(11)9-4-7-8(19-9)5-10(14)20-7/h4-5H,3H2,1-2H3. The van der Waals surface area contributed by atoms with Crippen molar-refractivity contribution in [3.63, 3.8) is 0 Å². The lowest BCUT2D eigenvalue weighted by atomic mass is 10.2. The summed E-state index contributed by atoms with van der Waals surface area (Å²) in [6.45, 7) is 3.82. The van der Waals surface area contributed by atoms with Crippen molar-refractivity contribution in [1.82, 2.24) is 5.16 Å². The molecular formula is C13H10BrNO3S2. The van der Waals surface area contributed by atoms with E-state index in [9.17, 15) is 4.79 Å². The minimum atomic E-state index is -0.390. The molecule has 7 heteroatoms. The van der Waals surface area contributed by atoms with Crippen LogP contribution in [0.15, 0.2) is 20.4 Å². The van der Waals surface area contributed by atoms with Crippen molar-refractivity contribution < 1.29 is 14.1 Å². The Morgan fingerprint density at radius 2 is 2.15 bits per heavy atom. The first-order chi connectivity index (χ1) is 9.60. The normalized spacial score (nSPS) is 11.2. The number of carbonyl (C=O) groups is 1. The lowest BCUT2D eigenvalue weighted by molar-refractivity contribution is 0.0525. The summed E-state index contributed by atoms with van der Waals surface area (Å²) in [6.07, 6.45) is 0. The third-order valence-electron chi connectivity index (χ3n) is 2.75. The van der Waals surface area contributed by atoms with Crippen molar-refractivity contribution in [2.24, 2.45) is 0 Å². The van der Waals surface area contributed by atoms with Gasteiger partial charge in [-0.15, -0.1) is 22.7 Å². The molecule has 0 fully saturated rings. The lowest BCUT2D eigenvalue weighted by Gasteiger charge is -2.00. The van der Waals surface area contributed by atoms with E-state index in [4.69, 9.17) is 9.26 Å². The fourth-order valence-electron chi connectivity index (χ4n) is 1.91. The number of aromatic nitrogens is 1. The van der Waals surface area contributed by atoms with Crippen molar-refractivity contribution in [2.75, 3.05) is 6.61 Å². The van der Waals surface area contributed by atoms with Gasteiger partial charge in [-0.05, 0) is 41.9 Å². The van der Waals surface area contributed by atoms with E-state index in [0.717, 1.165) is 18.1 Å². The van der Waals surface area contributed by atoms with Gasteiger partial charge in [-0.3, -0.25) is 0 Å². The zero-order chi connectivity index (χ0) is 14.3. The van der Waals surface area contributed by atoms with Gasteiger partial charge in [0.25, 0.3) is 0 Å². The van der Waals surface area contributed by atoms with E-state index in [2.05, 4.69) is 27.2 Å². The van der Waals surface area contributed by atoms with Crippen LogP contribution in [0.25, 0.3) is 20.0 Å². The molecule has 0 saturated carbocycles. The third-order valence-corrected chi connectivity index (χ3v) is 5.56. The second-order valence-electron chi connectivity index (χ2n) is 4.07. The Morgan fingerprint density at radius 1 is 1.40 bits per heavy atom. The van der Waals surface area contributed by atoms with Crippen LogP contribution >= 0.6 is 38.6 Å². The molecule has 3 rings (SSSR count). The number of hydrogen-bond acceptors (Lipinski definition) is 6. The number of esters is 1. The summed E-state index contributed by atoms with van der Waals surface area (Å²) in [5.41, 5.74) is 0.977. The molecule has 0 bridgehead atoms. The Bertz CT molecular complexity index is 755. The van der Waals surface area contributed by atoms with E-state index in [-0.39, 0.29) is 5.97 Å². The Balaban J connectivity index is 2.09. The summed E-state index contributed by atoms with van der Waals surface area (Å²) in [7, 11) is 0. The summed E-state index contributed by atoms with van der Waals surface area (Å²) >= 11 is 6.70. The molecule has 0 radical (unpaired) electrons. The minimum absolute atomic E-state index is 0.329. The van der Waals surface area contributed by atoms with Crippen LogP contribution in [0.5, 0.6) is 0 Å². The number of hydrogen-bond donors (Lipinski definition) is 0. The number of ether oxygens (including phenoxy) is 1. The quantitative estimate of drug-likeness (QED) is 0.616. The first-order valence-corrected chi connectivity index (χ1v) is 8.35. The highest BCUT2D eigenvalue weighted by atomic mass is 79.9. The van der Waals surface area contributed by atoms with Crippen LogP contribution in [-0.4, -0.2) is 17.7 Å². The molecule has 3 aromatic rings. The zero-order valence-corrected chi connectivity index (χ0v) is 13.9. The molecule has 0 saturated heterocycles. The van der Waals surface area contributed by atoms with E-state index in [1.54, 1.807) is 36.5 Å². The van der Waals surface area contributed by atoms with Gasteiger partial charge in [0.15, 0.2) is 0 Å². The highest BCUT2D eigenvalue weighted by Gasteiger charge is 2.24. The summed E-state index contributed by atoms with van der Waals surface area (Å²) in [4.78, 5) is 12.9. The van der Waals surface area contributed by atoms with E-state index in [1.807, 2.05) is 6.07 Å². The van der Waals surface area contributed by atoms with Crippen LogP contribution in [0, 0.1) is 6.92 Å².